The Bertz CT molecular complexity index is 225. The monoisotopic (exact) mass is 149 g/mol. The van der Waals surface area contributed by atoms with Crippen molar-refractivity contribution in [1.29, 1.82) is 0 Å². The maximum Gasteiger partial charge on any atom is 0.113 e. The molecule has 0 saturated heterocycles. The van der Waals surface area contributed by atoms with Gasteiger partial charge in [0.05, 0.1) is 0 Å². The second kappa shape index (κ2) is 3.71. The van der Waals surface area contributed by atoms with Crippen molar-refractivity contribution >= 4 is 12.9 Å². The van der Waals surface area contributed by atoms with Crippen LogP contribution in [-0.4, -0.2) is 24.5 Å². The molecule has 1 heterocycles. The Labute approximate surface area is 66.5 Å². The Morgan fingerprint density at radius 1 is 1.82 bits per heavy atom. The summed E-state index contributed by atoms with van der Waals surface area (Å²) < 4.78 is 0. The van der Waals surface area contributed by atoms with Crippen LogP contribution in [0.2, 0.25) is 0 Å². The highest BCUT2D eigenvalue weighted by Gasteiger charge is 1.97. The maximum atomic E-state index is 4.11. The van der Waals surface area contributed by atoms with E-state index in [0.717, 1.165) is 5.57 Å². The molecule has 3 nitrogen and oxygen atoms in total. The molecule has 0 aromatic carbocycles. The number of aliphatic imine (C=N–C) groups is 2. The molecule has 3 heteroatoms. The van der Waals surface area contributed by atoms with E-state index in [1.54, 1.807) is 6.20 Å². The van der Waals surface area contributed by atoms with Crippen LogP contribution in [0.5, 0.6) is 0 Å². The van der Waals surface area contributed by atoms with Crippen molar-refractivity contribution in [3.05, 3.63) is 24.2 Å². The number of hydrogen-bond acceptors (Lipinski definition) is 3. The minimum atomic E-state index is 0.670. The lowest BCUT2D eigenvalue weighted by atomic mass is 10.3. The summed E-state index contributed by atoms with van der Waals surface area (Å²) in [7, 11) is 0. The molecule has 0 radical (unpaired) electrons. The topological polar surface area (TPSA) is 28.0 Å². The molecule has 0 bridgehead atoms. The molecule has 0 aromatic rings. The molecule has 0 spiro atoms. The zero-order chi connectivity index (χ0) is 8.10. The van der Waals surface area contributed by atoms with Gasteiger partial charge in [0.2, 0.25) is 0 Å². The van der Waals surface area contributed by atoms with Gasteiger partial charge in [0.15, 0.2) is 0 Å². The first-order valence-electron chi connectivity index (χ1n) is 3.39. The predicted octanol–water partition coefficient (Wildman–Crippen LogP) is 1.41. The smallest absolute Gasteiger partial charge is 0.113 e. The van der Waals surface area contributed by atoms with E-state index < -0.39 is 0 Å². The molecule has 0 N–H and O–H groups in total. The number of hydrogen-bond donors (Lipinski definition) is 0. The van der Waals surface area contributed by atoms with Crippen LogP contribution in [0.25, 0.3) is 0 Å². The summed E-state index contributed by atoms with van der Waals surface area (Å²) in [6.07, 6.45) is 7.35. The van der Waals surface area contributed by atoms with E-state index in [4.69, 9.17) is 0 Å². The van der Waals surface area contributed by atoms with Crippen molar-refractivity contribution < 1.29 is 0 Å². The summed E-state index contributed by atoms with van der Waals surface area (Å²) in [6.45, 7) is 6.02. The van der Waals surface area contributed by atoms with Gasteiger partial charge in [0.25, 0.3) is 0 Å². The Balaban J connectivity index is 2.56. The number of rotatable bonds is 2. The van der Waals surface area contributed by atoms with Crippen LogP contribution in [0.1, 0.15) is 6.92 Å². The summed E-state index contributed by atoms with van der Waals surface area (Å²) in [4.78, 5) is 9.66. The van der Waals surface area contributed by atoms with Crippen molar-refractivity contribution in [2.24, 2.45) is 9.98 Å². The van der Waals surface area contributed by atoms with Crippen LogP contribution in [0.3, 0.4) is 0 Å². The van der Waals surface area contributed by atoms with E-state index in [9.17, 15) is 0 Å². The first kappa shape index (κ1) is 7.72. The first-order valence-corrected chi connectivity index (χ1v) is 3.39. The van der Waals surface area contributed by atoms with E-state index >= 15 is 0 Å². The van der Waals surface area contributed by atoms with Gasteiger partial charge in [-0.05, 0) is 19.2 Å². The lowest BCUT2D eigenvalue weighted by molar-refractivity contribution is 0.515. The lowest BCUT2D eigenvalue weighted by Gasteiger charge is -2.15. The van der Waals surface area contributed by atoms with Crippen LogP contribution >= 0.6 is 0 Å². The number of nitrogens with zero attached hydrogens (tertiary/aromatic N) is 3. The Kier molecular flexibility index (Phi) is 2.60. The zero-order valence-corrected chi connectivity index (χ0v) is 6.57. The molecule has 1 aliphatic rings. The molecular formula is C8H11N3. The molecule has 0 atom stereocenters. The maximum absolute atomic E-state index is 4.11. The third kappa shape index (κ3) is 2.37. The molecule has 0 amide bonds. The van der Waals surface area contributed by atoms with Crippen molar-refractivity contribution in [3.8, 4) is 0 Å². The number of allylic oxidation sites excluding steroid dienone is 1. The van der Waals surface area contributed by atoms with E-state index in [1.807, 2.05) is 30.4 Å². The highest BCUT2D eigenvalue weighted by atomic mass is 15.2. The largest absolute Gasteiger partial charge is 0.333 e. The predicted molar refractivity (Wildman–Crippen MR) is 47.6 cm³/mol. The third-order valence-electron chi connectivity index (χ3n) is 1.27. The van der Waals surface area contributed by atoms with Gasteiger partial charge in [-0.15, -0.1) is 0 Å². The Morgan fingerprint density at radius 2 is 2.64 bits per heavy atom. The van der Waals surface area contributed by atoms with E-state index in [2.05, 4.69) is 16.7 Å². The van der Waals surface area contributed by atoms with Crippen LogP contribution in [0, 0.1) is 0 Å². The molecule has 0 aromatic heterocycles. The average molecular weight is 149 g/mol. The van der Waals surface area contributed by atoms with Crippen molar-refractivity contribution in [3.63, 3.8) is 0 Å². The van der Waals surface area contributed by atoms with E-state index in [1.165, 1.54) is 0 Å². The van der Waals surface area contributed by atoms with Gasteiger partial charge >= 0.3 is 0 Å². The normalized spacial score (nSPS) is 17.2. The lowest BCUT2D eigenvalue weighted by Crippen LogP contribution is -2.13. The van der Waals surface area contributed by atoms with Crippen LogP contribution in [0.15, 0.2) is 34.2 Å². The minimum Gasteiger partial charge on any atom is -0.333 e. The van der Waals surface area contributed by atoms with Gasteiger partial charge in [-0.25, -0.2) is 0 Å². The zero-order valence-electron chi connectivity index (χ0n) is 6.57. The molecule has 0 aliphatic carbocycles. The first-order chi connectivity index (χ1) is 5.33. The van der Waals surface area contributed by atoms with Gasteiger partial charge in [0, 0.05) is 24.8 Å². The molecule has 1 rings (SSSR count). The van der Waals surface area contributed by atoms with Gasteiger partial charge < -0.3 is 4.90 Å². The fourth-order valence-electron chi connectivity index (χ4n) is 0.838. The summed E-state index contributed by atoms with van der Waals surface area (Å²) in [5.41, 5.74) is 1.14. The quantitative estimate of drug-likeness (QED) is 0.545. The molecule has 0 fully saturated rings. The Hall–Kier alpha value is -1.38. The van der Waals surface area contributed by atoms with E-state index in [0.29, 0.717) is 6.67 Å². The molecule has 0 saturated carbocycles. The highest BCUT2D eigenvalue weighted by Crippen LogP contribution is 2.02. The van der Waals surface area contributed by atoms with Gasteiger partial charge in [-0.2, -0.15) is 0 Å². The van der Waals surface area contributed by atoms with E-state index in [-0.39, 0.29) is 0 Å². The molecule has 58 valence electrons. The molecular weight excluding hydrogens is 138 g/mol. The second-order valence-electron chi connectivity index (χ2n) is 2.32. The van der Waals surface area contributed by atoms with Crippen LogP contribution < -0.4 is 0 Å². The van der Waals surface area contributed by atoms with Gasteiger partial charge in [0.1, 0.15) is 6.67 Å². The SMILES string of the molecule is C=N/C=C\N1C=C(C)C=NC1. The summed E-state index contributed by atoms with van der Waals surface area (Å²) in [6, 6.07) is 0. The summed E-state index contributed by atoms with van der Waals surface area (Å²) in [5, 5.41) is 0. The van der Waals surface area contributed by atoms with Crippen molar-refractivity contribution in [2.75, 3.05) is 6.67 Å². The Morgan fingerprint density at radius 3 is 3.27 bits per heavy atom. The fraction of sp³-hybridized carbons (Fsp3) is 0.250. The van der Waals surface area contributed by atoms with Crippen LogP contribution in [-0.2, 0) is 0 Å². The van der Waals surface area contributed by atoms with Crippen LogP contribution in [0.4, 0.5) is 0 Å². The average Bonchev–Trinajstić information content (AvgIpc) is 2.01. The van der Waals surface area contributed by atoms with Crippen molar-refractivity contribution in [1.82, 2.24) is 4.90 Å². The summed E-state index contributed by atoms with van der Waals surface area (Å²) >= 11 is 0. The van der Waals surface area contributed by atoms with Gasteiger partial charge in [-0.1, -0.05) is 0 Å². The minimum absolute atomic E-state index is 0.670. The van der Waals surface area contributed by atoms with Gasteiger partial charge in [-0.3, -0.25) is 9.98 Å². The second-order valence-corrected chi connectivity index (χ2v) is 2.32. The fourth-order valence-corrected chi connectivity index (χ4v) is 0.838. The standard InChI is InChI=1S/C8H11N3/c1-8-5-10-7-11(6-8)4-3-9-2/h3-6H,2,7H2,1H3/b4-3-. The summed E-state index contributed by atoms with van der Waals surface area (Å²) in [5.74, 6) is 0. The highest BCUT2D eigenvalue weighted by molar-refractivity contribution is 5.78. The van der Waals surface area contributed by atoms with Crippen molar-refractivity contribution in [2.45, 2.75) is 6.92 Å². The molecule has 11 heavy (non-hydrogen) atoms. The third-order valence-corrected chi connectivity index (χ3v) is 1.27. The molecule has 1 aliphatic heterocycles. The molecule has 0 unspecified atom stereocenters.